The predicted octanol–water partition coefficient (Wildman–Crippen LogP) is 1.99. The van der Waals surface area contributed by atoms with Gasteiger partial charge in [0.1, 0.15) is 4.91 Å². The number of nitro groups is 1. The summed E-state index contributed by atoms with van der Waals surface area (Å²) in [6.07, 6.45) is 0. The predicted molar refractivity (Wildman–Crippen MR) is 59.1 cm³/mol. The molecule has 0 fully saturated rings. The molecule has 0 amide bonds. The molecule has 0 aromatic heterocycles. The van der Waals surface area contributed by atoms with Crippen LogP contribution in [0.15, 0.2) is 15.0 Å². The lowest BCUT2D eigenvalue weighted by Crippen LogP contribution is -2.17. The second kappa shape index (κ2) is 5.38. The summed E-state index contributed by atoms with van der Waals surface area (Å²) in [5, 5.41) is 10.6. The molecule has 0 aliphatic carbocycles. The fourth-order valence-electron chi connectivity index (χ4n) is 0.751. The van der Waals surface area contributed by atoms with Gasteiger partial charge in [0, 0.05) is 0 Å². The Morgan fingerprint density at radius 2 is 2.40 bits per heavy atom. The van der Waals surface area contributed by atoms with E-state index >= 15 is 0 Å². The maximum Gasteiger partial charge on any atom is 0.411 e. The molecule has 1 rings (SSSR count). The van der Waals surface area contributed by atoms with Crippen LogP contribution in [0.25, 0.3) is 0 Å². The van der Waals surface area contributed by atoms with E-state index in [2.05, 4.69) is 9.13 Å². The van der Waals surface area contributed by atoms with Crippen molar-refractivity contribution in [1.29, 1.82) is 0 Å². The summed E-state index contributed by atoms with van der Waals surface area (Å²) in [4.78, 5) is 21.1. The van der Waals surface area contributed by atoms with Gasteiger partial charge in [-0.15, -0.1) is 0 Å². The zero-order valence-corrected chi connectivity index (χ0v) is 9.82. The Balaban J connectivity index is 3.07. The summed E-state index contributed by atoms with van der Waals surface area (Å²) in [6.45, 7) is 1.63. The van der Waals surface area contributed by atoms with E-state index in [1.54, 1.807) is 6.92 Å². The van der Waals surface area contributed by atoms with E-state index in [9.17, 15) is 14.9 Å². The molecule has 0 aromatic rings. The highest BCUT2D eigenvalue weighted by Crippen LogP contribution is 2.42. The van der Waals surface area contributed by atoms with Gasteiger partial charge in [-0.3, -0.25) is 10.1 Å². The number of carbonyl (C=O) groups is 1. The monoisotopic (exact) mass is 268 g/mol. The van der Waals surface area contributed by atoms with Crippen LogP contribution in [0.5, 0.6) is 0 Å². The molecule has 0 unspecified atom stereocenters. The van der Waals surface area contributed by atoms with Crippen molar-refractivity contribution in [1.82, 2.24) is 0 Å². The van der Waals surface area contributed by atoms with Gasteiger partial charge in [0.25, 0.3) is 0 Å². The topological polar surface area (TPSA) is 81.8 Å². The van der Waals surface area contributed by atoms with Gasteiger partial charge in [0.2, 0.25) is 0 Å². The molecule has 1 heterocycles. The third-order valence-electron chi connectivity index (χ3n) is 1.29. The molecular weight excluding hydrogens is 264 g/mol. The van der Waals surface area contributed by atoms with E-state index in [4.69, 9.17) is 11.6 Å². The molecule has 0 atom stereocenters. The number of halogens is 1. The lowest BCUT2D eigenvalue weighted by Gasteiger charge is -2.00. The van der Waals surface area contributed by atoms with Crippen molar-refractivity contribution in [2.75, 3.05) is 6.61 Å². The summed E-state index contributed by atoms with van der Waals surface area (Å²) in [7, 11) is 1.93. The normalized spacial score (nSPS) is 18.4. The minimum atomic E-state index is -0.999. The van der Waals surface area contributed by atoms with Gasteiger partial charge in [-0.25, -0.2) is 4.79 Å². The first-order valence-corrected chi connectivity index (χ1v) is 6.19. The average Bonchev–Trinajstić information content (AvgIpc) is 2.52. The molecule has 1 aliphatic heterocycles. The lowest BCUT2D eigenvalue weighted by molar-refractivity contribution is -0.421. The molecule has 0 saturated heterocycles. The summed E-state index contributed by atoms with van der Waals surface area (Å²) in [5.41, 5.74) is -0.666. The van der Waals surface area contributed by atoms with Crippen LogP contribution in [-0.2, 0) is 9.53 Å². The first-order valence-electron chi connectivity index (χ1n) is 3.71. The highest BCUT2D eigenvalue weighted by molar-refractivity contribution is 8.78. The zero-order chi connectivity index (χ0) is 11.4. The highest BCUT2D eigenvalue weighted by Gasteiger charge is 2.34. The number of rotatable bonds is 3. The van der Waals surface area contributed by atoms with Crippen LogP contribution in [0.4, 0.5) is 0 Å². The van der Waals surface area contributed by atoms with Crippen LogP contribution >= 0.6 is 33.4 Å². The number of hydrogen-bond acceptors (Lipinski definition) is 7. The minimum absolute atomic E-state index is 0.0325. The molecule has 15 heavy (non-hydrogen) atoms. The van der Waals surface area contributed by atoms with Crippen LogP contribution in [0, 0.1) is 10.1 Å². The maximum absolute atomic E-state index is 11.3. The number of esters is 1. The van der Waals surface area contributed by atoms with Crippen LogP contribution in [-0.4, -0.2) is 22.7 Å². The molecule has 0 N–H and O–H groups in total. The van der Waals surface area contributed by atoms with E-state index in [0.717, 1.165) is 21.8 Å². The van der Waals surface area contributed by atoms with E-state index in [1.807, 2.05) is 0 Å². The third-order valence-corrected chi connectivity index (χ3v) is 3.61. The Kier molecular flexibility index (Phi) is 4.43. The van der Waals surface area contributed by atoms with Gasteiger partial charge >= 0.3 is 11.7 Å². The van der Waals surface area contributed by atoms with Gasteiger partial charge < -0.3 is 4.74 Å². The number of ether oxygens (including phenoxy) is 1. The molecule has 6 nitrogen and oxygen atoms in total. The van der Waals surface area contributed by atoms with E-state index < -0.39 is 16.6 Å². The van der Waals surface area contributed by atoms with Gasteiger partial charge in [0.05, 0.1) is 22.5 Å². The van der Waals surface area contributed by atoms with Gasteiger partial charge in [-0.05, 0) is 17.7 Å². The van der Waals surface area contributed by atoms with Crippen molar-refractivity contribution < 1.29 is 14.5 Å². The largest absolute Gasteiger partial charge is 0.458 e. The Hall–Kier alpha value is -0.730. The Morgan fingerprint density at radius 1 is 1.73 bits per heavy atom. The first-order chi connectivity index (χ1) is 7.07. The molecular formula is C6H5ClN2O4S2. The molecule has 9 heteroatoms. The first kappa shape index (κ1) is 12.3. The van der Waals surface area contributed by atoms with E-state index in [1.165, 1.54) is 0 Å². The zero-order valence-electron chi connectivity index (χ0n) is 7.43. The van der Waals surface area contributed by atoms with Gasteiger partial charge in [-0.1, -0.05) is 11.6 Å². The quantitative estimate of drug-likeness (QED) is 0.194. The fourth-order valence-corrected chi connectivity index (χ4v) is 3.03. The van der Waals surface area contributed by atoms with Crippen molar-refractivity contribution in [3.8, 4) is 0 Å². The summed E-state index contributed by atoms with van der Waals surface area (Å²) >= 11 is 5.60. The van der Waals surface area contributed by atoms with Crippen molar-refractivity contribution >= 4 is 44.5 Å². The van der Waals surface area contributed by atoms with Crippen molar-refractivity contribution in [3.05, 3.63) is 20.7 Å². The van der Waals surface area contributed by atoms with Crippen molar-refractivity contribution in [2.24, 2.45) is 4.40 Å². The molecule has 0 aromatic carbocycles. The van der Waals surface area contributed by atoms with E-state index in [0.29, 0.717) is 0 Å². The highest BCUT2D eigenvalue weighted by atomic mass is 35.5. The molecule has 0 radical (unpaired) electrons. The molecule has 0 bridgehead atoms. The Labute approximate surface area is 97.8 Å². The van der Waals surface area contributed by atoms with Crippen LogP contribution < -0.4 is 0 Å². The third kappa shape index (κ3) is 2.86. The van der Waals surface area contributed by atoms with Crippen LogP contribution in [0.3, 0.4) is 0 Å². The summed E-state index contributed by atoms with van der Waals surface area (Å²) in [5.74, 6) is -0.999. The molecule has 0 saturated carbocycles. The minimum Gasteiger partial charge on any atom is -0.458 e. The van der Waals surface area contributed by atoms with Gasteiger partial charge in [-0.2, -0.15) is 4.40 Å². The molecule has 0 spiro atoms. The number of allylic oxidation sites excluding steroid dienone is 1. The number of carbonyl (C=O) groups excluding carboxylic acids is 1. The van der Waals surface area contributed by atoms with Crippen LogP contribution in [0.2, 0.25) is 0 Å². The van der Waals surface area contributed by atoms with Crippen LogP contribution in [0.1, 0.15) is 6.92 Å². The second-order valence-electron chi connectivity index (χ2n) is 2.20. The van der Waals surface area contributed by atoms with Crippen molar-refractivity contribution in [3.63, 3.8) is 0 Å². The fraction of sp³-hybridized carbons (Fsp3) is 0.333. The molecule has 1 aliphatic rings. The van der Waals surface area contributed by atoms with Gasteiger partial charge in [0.15, 0.2) is 5.17 Å². The molecule has 82 valence electrons. The average molecular weight is 269 g/mol. The summed E-state index contributed by atoms with van der Waals surface area (Å²) < 4.78 is 8.21. The van der Waals surface area contributed by atoms with E-state index in [-0.39, 0.29) is 16.7 Å². The lowest BCUT2D eigenvalue weighted by atomic mass is 10.4. The standard InChI is InChI=1S/C6H5ClN2O4S2/c1-2-13-6(10)3(9(11)12)4-5(7)8-15-14-4/h2H2,1H3/b4-3-. The maximum atomic E-state index is 11.3. The Bertz CT molecular complexity index is 368. The second-order valence-corrected chi connectivity index (χ2v) is 4.41. The number of nitrogens with zero attached hydrogens (tertiary/aromatic N) is 2. The summed E-state index contributed by atoms with van der Waals surface area (Å²) in [6, 6.07) is 0. The smallest absolute Gasteiger partial charge is 0.411 e. The Morgan fingerprint density at radius 3 is 2.80 bits per heavy atom. The van der Waals surface area contributed by atoms with Crippen molar-refractivity contribution in [2.45, 2.75) is 6.92 Å². The number of hydrogen-bond donors (Lipinski definition) is 0. The SMILES string of the molecule is CCOC(=O)/C(=C1/SSN=C1Cl)[N+](=O)[O-].